The number of allylic oxidation sites excluding steroid dienone is 2. The van der Waals surface area contributed by atoms with Gasteiger partial charge < -0.3 is 0 Å². The third-order valence-corrected chi connectivity index (χ3v) is 11.3. The summed E-state index contributed by atoms with van der Waals surface area (Å²) in [5.74, 6) is 1.73. The van der Waals surface area contributed by atoms with Gasteiger partial charge in [-0.05, 0) is 13.8 Å². The second-order valence-corrected chi connectivity index (χ2v) is 11.9. The molecule has 0 aromatic heterocycles. The summed E-state index contributed by atoms with van der Waals surface area (Å²) < 4.78 is 5.41. The summed E-state index contributed by atoms with van der Waals surface area (Å²) in [5.41, 5.74) is 0. The minimum atomic E-state index is 0.600. The highest BCUT2D eigenvalue weighted by atomic mass is 32.2. The average Bonchev–Trinajstić information content (AvgIpc) is 3.04. The Hall–Kier alpha value is 0.300. The third kappa shape index (κ3) is 5.15. The summed E-state index contributed by atoms with van der Waals surface area (Å²) in [7, 11) is 0. The number of nitrogens with zero attached hydrogens (tertiary/aromatic N) is 2. The van der Waals surface area contributed by atoms with Crippen LogP contribution in [0.3, 0.4) is 0 Å². The Morgan fingerprint density at radius 1 is 0.773 bits per heavy atom. The molecule has 0 unspecified atom stereocenters. The van der Waals surface area contributed by atoms with Crippen LogP contribution >= 0.6 is 70.6 Å². The molecule has 8 heteroatoms. The summed E-state index contributed by atoms with van der Waals surface area (Å²) >= 11 is 11.0. The maximum absolute atomic E-state index is 8.64. The van der Waals surface area contributed by atoms with Crippen molar-refractivity contribution in [2.75, 3.05) is 11.5 Å². The van der Waals surface area contributed by atoms with Gasteiger partial charge in [0, 0.05) is 34.2 Å². The maximum Gasteiger partial charge on any atom is 0.0708 e. The normalized spacial score (nSPS) is 21.5. The minimum Gasteiger partial charge on any atom is -0.198 e. The van der Waals surface area contributed by atoms with Crippen LogP contribution in [0.25, 0.3) is 0 Å². The highest BCUT2D eigenvalue weighted by Crippen LogP contribution is 2.62. The zero-order valence-electron chi connectivity index (χ0n) is 12.2. The van der Waals surface area contributed by atoms with Crippen molar-refractivity contribution in [1.82, 2.24) is 0 Å². The van der Waals surface area contributed by atoms with E-state index < -0.39 is 0 Å². The molecule has 0 radical (unpaired) electrons. The van der Waals surface area contributed by atoms with Crippen LogP contribution in [-0.2, 0) is 0 Å². The molecule has 0 fully saturated rings. The average molecular weight is 403 g/mol. The van der Waals surface area contributed by atoms with Gasteiger partial charge in [-0.25, -0.2) is 0 Å². The van der Waals surface area contributed by atoms with Crippen LogP contribution in [0.2, 0.25) is 0 Å². The second-order valence-electron chi connectivity index (χ2n) is 4.18. The third-order valence-electron chi connectivity index (χ3n) is 2.50. The van der Waals surface area contributed by atoms with Crippen molar-refractivity contribution >= 4 is 70.6 Å². The Labute approximate surface area is 157 Å². The van der Waals surface area contributed by atoms with Gasteiger partial charge in [0.2, 0.25) is 0 Å². The van der Waals surface area contributed by atoms with Gasteiger partial charge in [-0.1, -0.05) is 47.0 Å². The maximum atomic E-state index is 8.64. The molecule has 0 saturated carbocycles. The predicted molar refractivity (Wildman–Crippen MR) is 108 cm³/mol. The SMILES string of the molecule is CC1=C(SCCC#N)SC(=C2SC(C)=C(SCCC#N)S2)S1. The van der Waals surface area contributed by atoms with E-state index in [9.17, 15) is 0 Å². The molecule has 2 aliphatic heterocycles. The molecule has 0 aromatic rings. The number of thioether (sulfide) groups is 6. The lowest BCUT2D eigenvalue weighted by atomic mass is 10.6. The zero-order valence-corrected chi connectivity index (χ0v) is 17.1. The predicted octanol–water partition coefficient (Wildman–Crippen LogP) is 6.74. The Kier molecular flexibility index (Phi) is 8.10. The first-order valence-electron chi connectivity index (χ1n) is 6.52. The smallest absolute Gasteiger partial charge is 0.0708 e. The molecule has 0 amide bonds. The fourth-order valence-corrected chi connectivity index (χ4v) is 9.84. The summed E-state index contributed by atoms with van der Waals surface area (Å²) in [6, 6.07) is 4.39. The first kappa shape index (κ1) is 18.6. The van der Waals surface area contributed by atoms with Crippen LogP contribution in [0.5, 0.6) is 0 Å². The van der Waals surface area contributed by atoms with E-state index in [4.69, 9.17) is 10.5 Å². The molecule has 0 N–H and O–H groups in total. The molecular weight excluding hydrogens is 389 g/mol. The van der Waals surface area contributed by atoms with Gasteiger partial charge in [0.05, 0.1) is 29.1 Å². The minimum absolute atomic E-state index is 0.600. The molecule has 0 aromatic carbocycles. The lowest BCUT2D eigenvalue weighted by Crippen LogP contribution is -1.76. The van der Waals surface area contributed by atoms with Crippen molar-refractivity contribution in [3.63, 3.8) is 0 Å². The van der Waals surface area contributed by atoms with Crippen molar-refractivity contribution in [1.29, 1.82) is 10.5 Å². The van der Waals surface area contributed by atoms with Crippen molar-refractivity contribution in [3.05, 3.63) is 26.8 Å². The van der Waals surface area contributed by atoms with E-state index in [0.29, 0.717) is 12.8 Å². The Balaban J connectivity index is 1.93. The quantitative estimate of drug-likeness (QED) is 0.452. The first-order valence-corrected chi connectivity index (χ1v) is 11.8. The summed E-state index contributed by atoms with van der Waals surface area (Å²) in [5, 5.41) is 17.3. The lowest BCUT2D eigenvalue weighted by molar-refractivity contribution is 1.24. The highest BCUT2D eigenvalue weighted by molar-refractivity contribution is 8.40. The molecule has 2 heterocycles. The van der Waals surface area contributed by atoms with Gasteiger partial charge in [0.1, 0.15) is 0 Å². The van der Waals surface area contributed by atoms with Gasteiger partial charge >= 0.3 is 0 Å². The molecular formula is C14H14N2S6. The zero-order chi connectivity index (χ0) is 15.9. The summed E-state index contributed by atoms with van der Waals surface area (Å²) in [6.45, 7) is 4.32. The molecule has 0 bridgehead atoms. The first-order chi connectivity index (χ1) is 10.7. The van der Waals surface area contributed by atoms with Crippen molar-refractivity contribution in [3.8, 4) is 12.1 Å². The van der Waals surface area contributed by atoms with E-state index in [1.165, 1.54) is 26.8 Å². The number of nitriles is 2. The van der Waals surface area contributed by atoms with Crippen LogP contribution in [0.4, 0.5) is 0 Å². The molecule has 0 spiro atoms. The van der Waals surface area contributed by atoms with E-state index in [0.717, 1.165) is 11.5 Å². The topological polar surface area (TPSA) is 47.6 Å². The monoisotopic (exact) mass is 402 g/mol. The molecule has 0 saturated heterocycles. The molecule has 2 nitrogen and oxygen atoms in total. The molecule has 22 heavy (non-hydrogen) atoms. The number of rotatable bonds is 6. The summed E-state index contributed by atoms with van der Waals surface area (Å²) in [6.07, 6.45) is 1.20. The molecule has 2 rings (SSSR count). The van der Waals surface area contributed by atoms with Crippen LogP contribution in [0.15, 0.2) is 26.8 Å². The van der Waals surface area contributed by atoms with Gasteiger partial charge in [0.15, 0.2) is 0 Å². The van der Waals surface area contributed by atoms with E-state index in [1.54, 1.807) is 23.5 Å². The van der Waals surface area contributed by atoms with Crippen LogP contribution in [-0.4, -0.2) is 11.5 Å². The van der Waals surface area contributed by atoms with Gasteiger partial charge in [-0.3, -0.25) is 0 Å². The van der Waals surface area contributed by atoms with E-state index in [2.05, 4.69) is 26.0 Å². The van der Waals surface area contributed by atoms with Gasteiger partial charge in [0.25, 0.3) is 0 Å². The lowest BCUT2D eigenvalue weighted by Gasteiger charge is -2.02. The highest BCUT2D eigenvalue weighted by Gasteiger charge is 2.27. The van der Waals surface area contributed by atoms with Crippen molar-refractivity contribution < 1.29 is 0 Å². The van der Waals surface area contributed by atoms with E-state index >= 15 is 0 Å². The Morgan fingerprint density at radius 3 is 1.55 bits per heavy atom. The molecule has 0 atom stereocenters. The summed E-state index contributed by atoms with van der Waals surface area (Å²) in [4.78, 5) is 2.69. The molecule has 2 aliphatic rings. The second kappa shape index (κ2) is 9.56. The van der Waals surface area contributed by atoms with E-state index in [1.807, 2.05) is 47.0 Å². The van der Waals surface area contributed by atoms with Gasteiger partial charge in [-0.2, -0.15) is 10.5 Å². The number of hydrogen-bond acceptors (Lipinski definition) is 8. The van der Waals surface area contributed by atoms with Crippen LogP contribution in [0, 0.1) is 22.7 Å². The number of hydrogen-bond donors (Lipinski definition) is 0. The fraction of sp³-hybridized carbons (Fsp3) is 0.429. The van der Waals surface area contributed by atoms with Crippen molar-refractivity contribution in [2.24, 2.45) is 0 Å². The Morgan fingerprint density at radius 2 is 1.18 bits per heavy atom. The molecule has 0 aliphatic carbocycles. The van der Waals surface area contributed by atoms with Gasteiger partial charge in [-0.15, -0.1) is 23.5 Å². The largest absolute Gasteiger partial charge is 0.198 e. The van der Waals surface area contributed by atoms with Crippen LogP contribution < -0.4 is 0 Å². The standard InChI is InChI=1S/C14H14N2S6/c1-9-11(17-7-3-5-15)21-13(19-9)14-20-10(2)12(22-14)18-8-4-6-16/h3-4,7-8H2,1-2H3. The van der Waals surface area contributed by atoms with Crippen molar-refractivity contribution in [2.45, 2.75) is 26.7 Å². The molecule has 116 valence electrons. The van der Waals surface area contributed by atoms with Crippen LogP contribution in [0.1, 0.15) is 26.7 Å². The Bertz CT molecular complexity index is 566. The van der Waals surface area contributed by atoms with E-state index in [-0.39, 0.29) is 0 Å². The fourth-order valence-electron chi connectivity index (χ4n) is 1.52.